The lowest BCUT2D eigenvalue weighted by Crippen LogP contribution is -2.47. The first-order chi connectivity index (χ1) is 8.98. The standard InChI is InChI=1S/C11H16N4O4/c16-10(12-7-11(17)3-1-4-11)2-5-14-6-9(13-8-14)15(18)19/h6,8,17H,1-5,7H2,(H,12,16). The molecule has 0 spiro atoms. The number of nitrogens with zero attached hydrogens (tertiary/aromatic N) is 3. The van der Waals surface area contributed by atoms with Crippen LogP contribution >= 0.6 is 0 Å². The number of carbonyl (C=O) groups excluding carboxylic acids is 1. The molecule has 1 amide bonds. The summed E-state index contributed by atoms with van der Waals surface area (Å²) < 4.78 is 1.50. The number of hydrogen-bond acceptors (Lipinski definition) is 5. The number of imidazole rings is 1. The molecule has 1 aliphatic rings. The molecule has 1 aromatic rings. The number of rotatable bonds is 6. The first-order valence-corrected chi connectivity index (χ1v) is 6.14. The minimum atomic E-state index is -0.733. The number of aryl methyl sites for hydroxylation is 1. The molecule has 0 bridgehead atoms. The summed E-state index contributed by atoms with van der Waals surface area (Å²) in [4.78, 5) is 25.0. The SMILES string of the molecule is O=C(CCn1cnc([N+](=O)[O-])c1)NCC1(O)CCC1. The van der Waals surface area contributed by atoms with Crippen LogP contribution in [0.2, 0.25) is 0 Å². The number of nitrogens with one attached hydrogen (secondary N) is 1. The van der Waals surface area contributed by atoms with Gasteiger partial charge in [0.25, 0.3) is 0 Å². The highest BCUT2D eigenvalue weighted by Crippen LogP contribution is 2.30. The van der Waals surface area contributed by atoms with E-state index in [1.54, 1.807) is 0 Å². The normalized spacial score (nSPS) is 16.7. The van der Waals surface area contributed by atoms with E-state index in [2.05, 4.69) is 10.3 Å². The quantitative estimate of drug-likeness (QED) is 0.566. The van der Waals surface area contributed by atoms with Crippen LogP contribution in [0.3, 0.4) is 0 Å². The molecule has 0 radical (unpaired) electrons. The van der Waals surface area contributed by atoms with Crippen LogP contribution in [0.5, 0.6) is 0 Å². The topological polar surface area (TPSA) is 110 Å². The fraction of sp³-hybridized carbons (Fsp3) is 0.636. The summed E-state index contributed by atoms with van der Waals surface area (Å²) in [5, 5.41) is 22.9. The highest BCUT2D eigenvalue weighted by atomic mass is 16.6. The fourth-order valence-corrected chi connectivity index (χ4v) is 1.91. The van der Waals surface area contributed by atoms with Gasteiger partial charge < -0.3 is 25.1 Å². The number of hydrogen-bond donors (Lipinski definition) is 2. The fourth-order valence-electron chi connectivity index (χ4n) is 1.91. The molecular formula is C11H16N4O4. The van der Waals surface area contributed by atoms with Crippen molar-refractivity contribution >= 4 is 11.7 Å². The maximum absolute atomic E-state index is 11.6. The molecule has 2 rings (SSSR count). The van der Waals surface area contributed by atoms with E-state index in [-0.39, 0.29) is 24.7 Å². The van der Waals surface area contributed by atoms with Crippen LogP contribution in [-0.2, 0) is 11.3 Å². The molecule has 104 valence electrons. The average molecular weight is 268 g/mol. The Morgan fingerprint density at radius 2 is 2.37 bits per heavy atom. The van der Waals surface area contributed by atoms with Crippen molar-refractivity contribution in [1.29, 1.82) is 0 Å². The molecule has 0 aromatic carbocycles. The van der Waals surface area contributed by atoms with Crippen molar-refractivity contribution in [3.05, 3.63) is 22.6 Å². The molecule has 2 N–H and O–H groups in total. The summed E-state index contributed by atoms with van der Waals surface area (Å²) in [6, 6.07) is 0. The monoisotopic (exact) mass is 268 g/mol. The van der Waals surface area contributed by atoms with E-state index in [0.717, 1.165) is 19.3 Å². The lowest BCUT2D eigenvalue weighted by Gasteiger charge is -2.36. The van der Waals surface area contributed by atoms with Gasteiger partial charge in [-0.2, -0.15) is 0 Å². The van der Waals surface area contributed by atoms with Gasteiger partial charge in [0, 0.05) is 19.5 Å². The molecule has 1 aliphatic carbocycles. The van der Waals surface area contributed by atoms with Crippen molar-refractivity contribution < 1.29 is 14.8 Å². The molecule has 1 heterocycles. The maximum atomic E-state index is 11.6. The second-order valence-corrected chi connectivity index (χ2v) is 4.83. The van der Waals surface area contributed by atoms with Crippen LogP contribution in [0.4, 0.5) is 5.82 Å². The van der Waals surface area contributed by atoms with Gasteiger partial charge in [-0.15, -0.1) is 0 Å². The average Bonchev–Trinajstić information content (AvgIpc) is 2.80. The van der Waals surface area contributed by atoms with E-state index < -0.39 is 10.5 Å². The van der Waals surface area contributed by atoms with Crippen LogP contribution in [0.15, 0.2) is 12.5 Å². The third-order valence-corrected chi connectivity index (χ3v) is 3.30. The third-order valence-electron chi connectivity index (χ3n) is 3.30. The van der Waals surface area contributed by atoms with Crippen molar-refractivity contribution in [3.8, 4) is 0 Å². The number of amides is 1. The molecule has 8 nitrogen and oxygen atoms in total. The molecule has 1 aromatic heterocycles. The highest BCUT2D eigenvalue weighted by molar-refractivity contribution is 5.75. The van der Waals surface area contributed by atoms with Crippen molar-refractivity contribution in [3.63, 3.8) is 0 Å². The lowest BCUT2D eigenvalue weighted by atomic mass is 9.80. The van der Waals surface area contributed by atoms with E-state index in [1.165, 1.54) is 17.1 Å². The van der Waals surface area contributed by atoms with E-state index in [0.29, 0.717) is 6.54 Å². The van der Waals surface area contributed by atoms with Gasteiger partial charge >= 0.3 is 5.82 Å². The molecule has 8 heteroatoms. The van der Waals surface area contributed by atoms with E-state index in [9.17, 15) is 20.0 Å². The van der Waals surface area contributed by atoms with Gasteiger partial charge in [-0.25, -0.2) is 0 Å². The predicted octanol–water partition coefficient (Wildman–Crippen LogP) is 0.213. The zero-order chi connectivity index (χ0) is 13.9. The first-order valence-electron chi connectivity index (χ1n) is 6.14. The Labute approximate surface area is 109 Å². The Kier molecular flexibility index (Phi) is 3.79. The molecule has 19 heavy (non-hydrogen) atoms. The van der Waals surface area contributed by atoms with Crippen molar-refractivity contribution in [1.82, 2.24) is 14.9 Å². The summed E-state index contributed by atoms with van der Waals surface area (Å²) in [6.07, 6.45) is 5.24. The molecule has 1 saturated carbocycles. The molecule has 0 saturated heterocycles. The van der Waals surface area contributed by atoms with Crippen LogP contribution < -0.4 is 5.32 Å². The number of aromatic nitrogens is 2. The zero-order valence-electron chi connectivity index (χ0n) is 10.4. The second kappa shape index (κ2) is 5.35. The second-order valence-electron chi connectivity index (χ2n) is 4.83. The number of aliphatic hydroxyl groups is 1. The van der Waals surface area contributed by atoms with Crippen molar-refractivity contribution in [2.24, 2.45) is 0 Å². The van der Waals surface area contributed by atoms with Crippen LogP contribution in [0, 0.1) is 10.1 Å². The number of carbonyl (C=O) groups is 1. The predicted molar refractivity (Wildman–Crippen MR) is 65.3 cm³/mol. The van der Waals surface area contributed by atoms with Gasteiger partial charge in [-0.3, -0.25) is 4.79 Å². The Bertz CT molecular complexity index is 481. The molecule has 0 atom stereocenters. The van der Waals surface area contributed by atoms with Crippen molar-refractivity contribution in [2.45, 2.75) is 37.8 Å². The van der Waals surface area contributed by atoms with E-state index >= 15 is 0 Å². The Morgan fingerprint density at radius 3 is 2.89 bits per heavy atom. The maximum Gasteiger partial charge on any atom is 0.381 e. The minimum absolute atomic E-state index is 0.184. The minimum Gasteiger partial charge on any atom is -0.388 e. The smallest absolute Gasteiger partial charge is 0.381 e. The summed E-state index contributed by atoms with van der Waals surface area (Å²) in [5.74, 6) is -0.416. The molecule has 0 unspecified atom stereocenters. The summed E-state index contributed by atoms with van der Waals surface area (Å²) in [5.41, 5.74) is -0.733. The number of nitro groups is 1. The molecule has 1 fully saturated rings. The summed E-state index contributed by atoms with van der Waals surface area (Å²) in [6.45, 7) is 0.598. The van der Waals surface area contributed by atoms with Gasteiger partial charge in [0.05, 0.1) is 5.60 Å². The molecular weight excluding hydrogens is 252 g/mol. The Hall–Kier alpha value is -1.96. The first kappa shape index (κ1) is 13.5. The van der Waals surface area contributed by atoms with Gasteiger partial charge in [0.2, 0.25) is 12.2 Å². The summed E-state index contributed by atoms with van der Waals surface area (Å²) >= 11 is 0. The largest absolute Gasteiger partial charge is 0.388 e. The van der Waals surface area contributed by atoms with Gasteiger partial charge in [-0.05, 0) is 29.2 Å². The summed E-state index contributed by atoms with van der Waals surface area (Å²) in [7, 11) is 0. The Balaban J connectivity index is 1.72. The highest BCUT2D eigenvalue weighted by Gasteiger charge is 2.34. The van der Waals surface area contributed by atoms with Gasteiger partial charge in [0.1, 0.15) is 6.20 Å². The van der Waals surface area contributed by atoms with Crippen molar-refractivity contribution in [2.75, 3.05) is 6.54 Å². The van der Waals surface area contributed by atoms with Crippen LogP contribution in [-0.4, -0.2) is 37.6 Å². The molecule has 0 aliphatic heterocycles. The van der Waals surface area contributed by atoms with E-state index in [1.807, 2.05) is 0 Å². The van der Waals surface area contributed by atoms with Crippen LogP contribution in [0.25, 0.3) is 0 Å². The third kappa shape index (κ3) is 3.50. The van der Waals surface area contributed by atoms with E-state index in [4.69, 9.17) is 0 Å². The zero-order valence-corrected chi connectivity index (χ0v) is 10.4. The van der Waals surface area contributed by atoms with Crippen LogP contribution in [0.1, 0.15) is 25.7 Å². The van der Waals surface area contributed by atoms with Gasteiger partial charge in [0.15, 0.2) is 0 Å². The lowest BCUT2D eigenvalue weighted by molar-refractivity contribution is -0.389. The Morgan fingerprint density at radius 1 is 1.63 bits per heavy atom. The van der Waals surface area contributed by atoms with Gasteiger partial charge in [-0.1, -0.05) is 0 Å².